The molecule has 0 aliphatic heterocycles. The van der Waals surface area contributed by atoms with Gasteiger partial charge < -0.3 is 5.32 Å². The summed E-state index contributed by atoms with van der Waals surface area (Å²) >= 11 is 0. The number of rotatable bonds is 3. The second-order valence-corrected chi connectivity index (χ2v) is 4.78. The summed E-state index contributed by atoms with van der Waals surface area (Å²) in [5.41, 5.74) is 1.52. The lowest BCUT2D eigenvalue weighted by Gasteiger charge is -2.07. The van der Waals surface area contributed by atoms with Crippen LogP contribution in [0.15, 0.2) is 42.7 Å². The van der Waals surface area contributed by atoms with Crippen LogP contribution in [0, 0.1) is 17.5 Å². The number of nitrogens with one attached hydrogen (secondary N) is 1. The van der Waals surface area contributed by atoms with E-state index in [0.717, 1.165) is 6.07 Å². The lowest BCUT2D eigenvalue weighted by atomic mass is 10.1. The van der Waals surface area contributed by atoms with Crippen molar-refractivity contribution < 1.29 is 18.0 Å². The van der Waals surface area contributed by atoms with Crippen LogP contribution in [0.5, 0.6) is 0 Å². The molecule has 0 saturated carbocycles. The van der Waals surface area contributed by atoms with Crippen LogP contribution in [0.1, 0.15) is 15.9 Å². The fourth-order valence-corrected chi connectivity index (χ4v) is 2.10. The predicted octanol–water partition coefficient (Wildman–Crippen LogP) is 2.98. The van der Waals surface area contributed by atoms with Gasteiger partial charge in [-0.1, -0.05) is 6.07 Å². The number of amides is 1. The molecule has 0 spiro atoms. The Morgan fingerprint density at radius 2 is 1.70 bits per heavy atom. The molecule has 0 aliphatic rings. The third-order valence-corrected chi connectivity index (χ3v) is 3.27. The average Bonchev–Trinajstić information content (AvgIpc) is 2.57. The monoisotopic (exact) mass is 317 g/mol. The maximum absolute atomic E-state index is 13.6. The lowest BCUT2D eigenvalue weighted by Crippen LogP contribution is -2.24. The quantitative estimate of drug-likeness (QED) is 0.756. The van der Waals surface area contributed by atoms with Crippen LogP contribution in [0.25, 0.3) is 11.0 Å². The van der Waals surface area contributed by atoms with Crippen molar-refractivity contribution in [2.24, 2.45) is 0 Å². The Kier molecular flexibility index (Phi) is 3.92. The number of aromatic nitrogens is 2. The maximum atomic E-state index is 13.6. The minimum atomic E-state index is -1.67. The molecular formula is C16H10F3N3O. The summed E-state index contributed by atoms with van der Waals surface area (Å²) in [7, 11) is 0. The van der Waals surface area contributed by atoms with Gasteiger partial charge in [0.25, 0.3) is 5.91 Å². The number of nitrogens with zero attached hydrogens (tertiary/aromatic N) is 2. The minimum absolute atomic E-state index is 0.0871. The van der Waals surface area contributed by atoms with Gasteiger partial charge in [-0.15, -0.1) is 0 Å². The predicted molar refractivity (Wildman–Crippen MR) is 77.0 cm³/mol. The molecule has 0 unspecified atom stereocenters. The Morgan fingerprint density at radius 3 is 2.48 bits per heavy atom. The van der Waals surface area contributed by atoms with Crippen LogP contribution >= 0.6 is 0 Å². The number of fused-ring (bicyclic) bond motifs is 1. The van der Waals surface area contributed by atoms with Gasteiger partial charge in [0.2, 0.25) is 0 Å². The zero-order chi connectivity index (χ0) is 16.4. The molecule has 0 atom stereocenters. The van der Waals surface area contributed by atoms with Gasteiger partial charge >= 0.3 is 0 Å². The van der Waals surface area contributed by atoms with Gasteiger partial charge in [0.05, 0.1) is 16.6 Å². The van der Waals surface area contributed by atoms with Crippen LogP contribution in [0.2, 0.25) is 0 Å². The summed E-state index contributed by atoms with van der Waals surface area (Å²) in [5.74, 6) is -5.35. The summed E-state index contributed by atoms with van der Waals surface area (Å²) in [6.07, 6.45) is 3.11. The molecule has 1 heterocycles. The first-order chi connectivity index (χ1) is 11.1. The second-order valence-electron chi connectivity index (χ2n) is 4.78. The highest BCUT2D eigenvalue weighted by Crippen LogP contribution is 2.15. The van der Waals surface area contributed by atoms with Gasteiger partial charge in [-0.25, -0.2) is 13.2 Å². The van der Waals surface area contributed by atoms with Crippen molar-refractivity contribution >= 4 is 16.9 Å². The van der Waals surface area contributed by atoms with E-state index in [1.807, 2.05) is 0 Å². The van der Waals surface area contributed by atoms with E-state index in [1.165, 1.54) is 0 Å². The van der Waals surface area contributed by atoms with Crippen molar-refractivity contribution in [3.05, 3.63) is 71.3 Å². The van der Waals surface area contributed by atoms with Crippen molar-refractivity contribution in [1.82, 2.24) is 15.3 Å². The maximum Gasteiger partial charge on any atom is 0.254 e. The summed E-state index contributed by atoms with van der Waals surface area (Å²) < 4.78 is 39.6. The van der Waals surface area contributed by atoms with Crippen LogP contribution in [0.4, 0.5) is 13.2 Å². The van der Waals surface area contributed by atoms with Crippen LogP contribution < -0.4 is 5.32 Å². The average molecular weight is 317 g/mol. The largest absolute Gasteiger partial charge is 0.348 e. The van der Waals surface area contributed by atoms with Crippen molar-refractivity contribution in [1.29, 1.82) is 0 Å². The molecule has 0 saturated heterocycles. The summed E-state index contributed by atoms with van der Waals surface area (Å²) in [5, 5.41) is 2.45. The molecule has 0 aliphatic carbocycles. The first kappa shape index (κ1) is 15.0. The Balaban J connectivity index is 1.77. The molecule has 1 N–H and O–H groups in total. The van der Waals surface area contributed by atoms with E-state index >= 15 is 0 Å². The highest BCUT2D eigenvalue weighted by atomic mass is 19.2. The molecule has 0 radical (unpaired) electrons. The third-order valence-electron chi connectivity index (χ3n) is 3.27. The van der Waals surface area contributed by atoms with E-state index < -0.39 is 28.9 Å². The molecule has 0 fully saturated rings. The van der Waals surface area contributed by atoms with Crippen LogP contribution in [0.3, 0.4) is 0 Å². The smallest absolute Gasteiger partial charge is 0.254 e. The number of halogens is 3. The van der Waals surface area contributed by atoms with Gasteiger partial charge in [-0.2, -0.15) is 0 Å². The van der Waals surface area contributed by atoms with Crippen molar-refractivity contribution in [3.8, 4) is 0 Å². The molecule has 2 aromatic carbocycles. The van der Waals surface area contributed by atoms with Gasteiger partial charge in [-0.05, 0) is 29.8 Å². The highest BCUT2D eigenvalue weighted by Gasteiger charge is 2.18. The summed E-state index contributed by atoms with van der Waals surface area (Å²) in [6, 6.07) is 6.80. The standard InChI is InChI=1S/C16H10F3N3O/c17-11-3-2-10(14(18)15(11)19)16(23)22-8-9-1-4-12-13(7-9)21-6-5-20-12/h1-7H,8H2,(H,22,23). The van der Waals surface area contributed by atoms with E-state index in [-0.39, 0.29) is 6.54 Å². The normalized spacial score (nSPS) is 10.7. The van der Waals surface area contributed by atoms with Crippen molar-refractivity contribution in [2.45, 2.75) is 6.54 Å². The minimum Gasteiger partial charge on any atom is -0.348 e. The molecular weight excluding hydrogens is 307 g/mol. The molecule has 1 amide bonds. The van der Waals surface area contributed by atoms with Crippen LogP contribution in [-0.4, -0.2) is 15.9 Å². The van der Waals surface area contributed by atoms with E-state index in [1.54, 1.807) is 30.6 Å². The Hall–Kier alpha value is -2.96. The first-order valence-corrected chi connectivity index (χ1v) is 6.67. The topological polar surface area (TPSA) is 54.9 Å². The zero-order valence-corrected chi connectivity index (χ0v) is 11.7. The SMILES string of the molecule is O=C(NCc1ccc2nccnc2c1)c1ccc(F)c(F)c1F. The van der Waals surface area contributed by atoms with Gasteiger partial charge in [-0.3, -0.25) is 14.8 Å². The Bertz CT molecular complexity index is 899. The highest BCUT2D eigenvalue weighted by molar-refractivity contribution is 5.94. The number of benzene rings is 2. The lowest BCUT2D eigenvalue weighted by molar-refractivity contribution is 0.0945. The van der Waals surface area contributed by atoms with Crippen molar-refractivity contribution in [3.63, 3.8) is 0 Å². The van der Waals surface area contributed by atoms with E-state index in [4.69, 9.17) is 0 Å². The van der Waals surface area contributed by atoms with E-state index in [0.29, 0.717) is 22.7 Å². The van der Waals surface area contributed by atoms with Crippen LogP contribution in [-0.2, 0) is 6.54 Å². The molecule has 0 bridgehead atoms. The number of hydrogen-bond donors (Lipinski definition) is 1. The molecule has 3 rings (SSSR count). The number of carbonyl (C=O) groups is 1. The Morgan fingerprint density at radius 1 is 0.957 bits per heavy atom. The van der Waals surface area contributed by atoms with E-state index in [2.05, 4.69) is 15.3 Å². The van der Waals surface area contributed by atoms with Gasteiger partial charge in [0.15, 0.2) is 17.5 Å². The fraction of sp³-hybridized carbons (Fsp3) is 0.0625. The summed E-state index contributed by atoms with van der Waals surface area (Å²) in [4.78, 5) is 20.2. The van der Waals surface area contributed by atoms with Crippen molar-refractivity contribution in [2.75, 3.05) is 0 Å². The molecule has 116 valence electrons. The Labute approximate surface area is 129 Å². The molecule has 7 heteroatoms. The van der Waals surface area contributed by atoms with E-state index in [9.17, 15) is 18.0 Å². The summed E-state index contributed by atoms with van der Waals surface area (Å²) in [6.45, 7) is 0.0871. The molecule has 3 aromatic rings. The van der Waals surface area contributed by atoms with Gasteiger partial charge in [0.1, 0.15) is 0 Å². The van der Waals surface area contributed by atoms with Gasteiger partial charge in [0, 0.05) is 18.9 Å². The molecule has 23 heavy (non-hydrogen) atoms. The number of carbonyl (C=O) groups excluding carboxylic acids is 1. The number of hydrogen-bond acceptors (Lipinski definition) is 3. The zero-order valence-electron chi connectivity index (χ0n) is 11.7. The fourth-order valence-electron chi connectivity index (χ4n) is 2.10. The first-order valence-electron chi connectivity index (χ1n) is 6.67. The molecule has 1 aromatic heterocycles. The third kappa shape index (κ3) is 2.98. The second kappa shape index (κ2) is 6.04. The molecule has 4 nitrogen and oxygen atoms in total.